The van der Waals surface area contributed by atoms with Crippen molar-refractivity contribution >= 4 is 36.0 Å². The molecule has 0 saturated heterocycles. The van der Waals surface area contributed by atoms with Crippen molar-refractivity contribution < 1.29 is 19.1 Å². The maximum atomic E-state index is 14.6. The molecule has 1 fully saturated rings. The number of nitrogens with zero attached hydrogens (tertiary/aromatic N) is 3. The summed E-state index contributed by atoms with van der Waals surface area (Å²) in [4.78, 5) is 32.6. The Morgan fingerprint density at radius 1 is 1.16 bits per heavy atom. The van der Waals surface area contributed by atoms with Crippen LogP contribution in [0.25, 0.3) is 5.57 Å². The summed E-state index contributed by atoms with van der Waals surface area (Å²) in [5.41, 5.74) is 6.19. The molecule has 2 heterocycles. The Labute approximate surface area is 268 Å². The first kappa shape index (κ1) is 35.2. The van der Waals surface area contributed by atoms with Crippen LogP contribution in [0.3, 0.4) is 0 Å². The second-order valence-electron chi connectivity index (χ2n) is 11.1. The Morgan fingerprint density at radius 2 is 1.84 bits per heavy atom. The largest absolute Gasteiger partial charge is 0.0683 e. The minimum atomic E-state index is -0.879. The summed E-state index contributed by atoms with van der Waals surface area (Å²) in [6.07, 6.45) is 8.33. The molecule has 0 spiro atoms. The van der Waals surface area contributed by atoms with Crippen molar-refractivity contribution in [3.63, 3.8) is 0 Å². The third-order valence-electron chi connectivity index (χ3n) is 8.00. The number of carboxylic acids is 1. The van der Waals surface area contributed by atoms with Crippen LogP contribution in [0.1, 0.15) is 68.8 Å². The third-order valence-corrected chi connectivity index (χ3v) is 8.00. The van der Waals surface area contributed by atoms with Gasteiger partial charge in [0.05, 0.1) is 6.04 Å². The van der Waals surface area contributed by atoms with Crippen molar-refractivity contribution in [3.8, 4) is 0 Å². The molecule has 1 atom stereocenters. The van der Waals surface area contributed by atoms with E-state index in [1.54, 1.807) is 44.9 Å². The Hall–Kier alpha value is -4.33. The Morgan fingerprint density at radius 3 is 2.42 bits per heavy atom. The minimum absolute atomic E-state index is 0.0124. The van der Waals surface area contributed by atoms with Gasteiger partial charge < -0.3 is 9.80 Å². The molecule has 2 aromatic rings. The van der Waals surface area contributed by atoms with Gasteiger partial charge in [0.15, 0.2) is 0 Å². The van der Waals surface area contributed by atoms with Crippen molar-refractivity contribution in [2.24, 2.45) is 10.9 Å². The van der Waals surface area contributed by atoms with Crippen molar-refractivity contribution in [1.29, 1.82) is 0 Å². The molecule has 1 unspecified atom stereocenters. The number of fused-ring (bicyclic) bond motifs is 1. The van der Waals surface area contributed by atoms with Crippen molar-refractivity contribution in [3.05, 3.63) is 112 Å². The van der Waals surface area contributed by atoms with E-state index in [-0.39, 0.29) is 17.8 Å². The normalized spacial score (nSPS) is 18.4. The van der Waals surface area contributed by atoms with Crippen LogP contribution in [0.5, 0.6) is 0 Å². The minimum Gasteiger partial charge on any atom is -0.0683 e. The molecule has 1 N–H and O–H groups in total. The third kappa shape index (κ3) is 8.65. The molecular formula is C37H45BFN3O3. The maximum Gasteiger partial charge on any atom is -0.0683 e. The number of rotatable bonds is 6. The number of aliphatic imine (C=N–C) groups is 1. The molecule has 3 aliphatic rings. The number of aryl methyl sites for hydroxylation is 1. The van der Waals surface area contributed by atoms with Crippen LogP contribution < -0.4 is 0 Å². The first-order valence-electron chi connectivity index (χ1n) is 15.7. The van der Waals surface area contributed by atoms with E-state index < -0.39 is 5.97 Å². The van der Waals surface area contributed by atoms with Gasteiger partial charge in [0.25, 0.3) is 5.91 Å². The average Bonchev–Trinajstić information content (AvgIpc) is 3.87. The molecule has 2 aromatic carbocycles. The topological polar surface area (TPSA) is 73.2 Å². The predicted octanol–water partition coefficient (Wildman–Crippen LogP) is 7.41. The van der Waals surface area contributed by atoms with E-state index in [1.807, 2.05) is 55.8 Å². The molecule has 1 saturated carbocycles. The second kappa shape index (κ2) is 16.1. The summed E-state index contributed by atoms with van der Waals surface area (Å²) in [7, 11) is 1.96. The second-order valence-corrected chi connectivity index (χ2v) is 11.1. The van der Waals surface area contributed by atoms with Crippen LogP contribution in [0, 0.1) is 18.7 Å². The van der Waals surface area contributed by atoms with Crippen LogP contribution in [0.4, 0.5) is 4.39 Å². The summed E-state index contributed by atoms with van der Waals surface area (Å²) < 4.78 is 14.6. The SMILES string of the molecule is C=C(/C=C1/N=C(C(=O)N2CCc3ccccc3C2C)C=C(C2CC2)N1C)c1ccc(C)cc1F.CB=C/C(=C\C)C(=O)O.CC. The van der Waals surface area contributed by atoms with Crippen molar-refractivity contribution in [2.45, 2.75) is 66.7 Å². The van der Waals surface area contributed by atoms with E-state index in [4.69, 9.17) is 10.1 Å². The Bertz CT molecular complexity index is 1580. The molecule has 236 valence electrons. The van der Waals surface area contributed by atoms with Gasteiger partial charge in [-0.15, -0.1) is 0 Å². The van der Waals surface area contributed by atoms with Gasteiger partial charge in [0.2, 0.25) is 0 Å². The van der Waals surface area contributed by atoms with Crippen LogP contribution in [-0.2, 0) is 16.0 Å². The monoisotopic (exact) mass is 609 g/mol. The quantitative estimate of drug-likeness (QED) is 0.274. The number of hydrogen-bond donors (Lipinski definition) is 1. The number of allylic oxidation sites excluding steroid dienone is 4. The summed E-state index contributed by atoms with van der Waals surface area (Å²) >= 11 is 0. The summed E-state index contributed by atoms with van der Waals surface area (Å²) in [5, 5.41) is 8.38. The summed E-state index contributed by atoms with van der Waals surface area (Å²) in [5.74, 6) is 1.35. The molecular weight excluding hydrogens is 564 g/mol. The maximum absolute atomic E-state index is 14.6. The van der Waals surface area contributed by atoms with E-state index in [1.165, 1.54) is 17.2 Å². The van der Waals surface area contributed by atoms with Crippen molar-refractivity contribution in [1.82, 2.24) is 9.80 Å². The molecule has 1 aliphatic carbocycles. The van der Waals surface area contributed by atoms with Crippen molar-refractivity contribution in [2.75, 3.05) is 13.6 Å². The van der Waals surface area contributed by atoms with E-state index in [9.17, 15) is 14.0 Å². The van der Waals surface area contributed by atoms with Gasteiger partial charge in [-0.25, -0.2) is 9.38 Å². The van der Waals surface area contributed by atoms with E-state index >= 15 is 0 Å². The van der Waals surface area contributed by atoms with Gasteiger partial charge in [-0.1, -0.05) is 56.8 Å². The van der Waals surface area contributed by atoms with Crippen LogP contribution in [0.15, 0.2) is 89.4 Å². The number of carbonyl (C=O) groups excluding carboxylic acids is 1. The van der Waals surface area contributed by atoms with Gasteiger partial charge in [-0.2, -0.15) is 0 Å². The first-order chi connectivity index (χ1) is 21.5. The molecule has 0 aromatic heterocycles. The number of amides is 1. The zero-order valence-corrected chi connectivity index (χ0v) is 27.6. The molecule has 6 nitrogen and oxygen atoms in total. The zero-order chi connectivity index (χ0) is 33.3. The molecule has 8 heteroatoms. The fraction of sp³-hybridized carbons (Fsp3) is 0.351. The van der Waals surface area contributed by atoms with Crippen LogP contribution in [0.2, 0.25) is 6.82 Å². The molecule has 0 bridgehead atoms. The smallest absolute Gasteiger partial charge is 0.0683 e. The number of carbonyl (C=O) groups is 2. The van der Waals surface area contributed by atoms with Crippen LogP contribution in [-0.4, -0.2) is 59.0 Å². The van der Waals surface area contributed by atoms with Gasteiger partial charge in [0.1, 0.15) is 17.3 Å². The predicted molar refractivity (Wildman–Crippen MR) is 185 cm³/mol. The standard InChI is InChI=1S/C29H30FN3O.C6H9BO2.C2H6/c1-18-9-12-23(25(30)15-18)19(2)16-28-31-26(17-27(32(28)4)22-10-11-22)29(34)33-14-13-21-7-5-6-8-24(21)20(33)3;1-3-5(4-7-2)6(8)9;1-2/h5-9,12,15-17,20,22H,2,10-11,13-14H2,1,3-4H3;3-4H,1-2H3,(H,8,9);1-2H3/b28-16-;5-3+;. The van der Waals surface area contributed by atoms with Gasteiger partial charge in [0, 0.05) is 24.9 Å². The molecule has 5 rings (SSSR count). The van der Waals surface area contributed by atoms with E-state index in [2.05, 4.69) is 31.7 Å². The van der Waals surface area contributed by atoms with Crippen LogP contribution >= 0.6 is 0 Å². The fourth-order valence-corrected chi connectivity index (χ4v) is 5.39. The fourth-order valence-electron chi connectivity index (χ4n) is 5.39. The number of aliphatic carboxylic acids is 1. The molecule has 2 aliphatic heterocycles. The number of halogens is 1. The summed E-state index contributed by atoms with van der Waals surface area (Å²) in [6, 6.07) is 13.4. The van der Waals surface area contributed by atoms with Gasteiger partial charge in [-0.3, -0.25) is 4.79 Å². The zero-order valence-electron chi connectivity index (χ0n) is 27.6. The van der Waals surface area contributed by atoms with Gasteiger partial charge >= 0.3 is 54.2 Å². The van der Waals surface area contributed by atoms with E-state index in [0.717, 1.165) is 30.5 Å². The molecule has 45 heavy (non-hydrogen) atoms. The number of benzene rings is 2. The number of hydrogen-bond acceptors (Lipinski definition) is 4. The number of carboxylic acid groups (broad SMARTS) is 1. The van der Waals surface area contributed by atoms with E-state index in [0.29, 0.717) is 40.7 Å². The first-order valence-corrected chi connectivity index (χ1v) is 15.7. The Kier molecular flexibility index (Phi) is 12.6. The molecule has 1 amide bonds. The van der Waals surface area contributed by atoms with Gasteiger partial charge in [-0.05, 0) is 79.5 Å². The Balaban J connectivity index is 0.000000435. The average molecular weight is 610 g/mol. The summed E-state index contributed by atoms with van der Waals surface area (Å²) in [6.45, 7) is 17.9. The molecule has 0 radical (unpaired) electrons.